The molecule has 2 aliphatic carbocycles. The van der Waals surface area contributed by atoms with Crippen molar-refractivity contribution in [3.8, 4) is 11.8 Å². The molecule has 2 aliphatic rings. The molecule has 0 N–H and O–H groups in total. The molecule has 3 rings (SSSR count). The Kier molecular flexibility index (Phi) is 11.6. The van der Waals surface area contributed by atoms with E-state index in [-0.39, 0.29) is 0 Å². The summed E-state index contributed by atoms with van der Waals surface area (Å²) >= 11 is 0. The Morgan fingerprint density at radius 2 is 1.48 bits per heavy atom. The Labute approximate surface area is 204 Å². The van der Waals surface area contributed by atoms with E-state index in [0.29, 0.717) is 17.8 Å². The molecule has 2 nitrogen and oxygen atoms in total. The Morgan fingerprint density at radius 3 is 2.12 bits per heavy atom. The molecule has 0 aliphatic heterocycles. The topological polar surface area (TPSA) is 33.0 Å². The number of benzene rings is 1. The fourth-order valence-corrected chi connectivity index (χ4v) is 6.46. The number of hydrogen-bond donors (Lipinski definition) is 0. The lowest BCUT2D eigenvalue weighted by Crippen LogP contribution is -2.24. The zero-order valence-electron chi connectivity index (χ0n) is 21.6. The van der Waals surface area contributed by atoms with Gasteiger partial charge in [0.2, 0.25) is 0 Å². The maximum Gasteiger partial charge on any atom is 0.119 e. The van der Waals surface area contributed by atoms with Crippen molar-refractivity contribution in [3.63, 3.8) is 0 Å². The quantitative estimate of drug-likeness (QED) is 0.280. The second-order valence-electron chi connectivity index (χ2n) is 11.1. The van der Waals surface area contributed by atoms with Gasteiger partial charge < -0.3 is 4.74 Å². The van der Waals surface area contributed by atoms with Crippen LogP contribution in [0.2, 0.25) is 0 Å². The summed E-state index contributed by atoms with van der Waals surface area (Å²) in [6, 6.07) is 11.7. The zero-order chi connectivity index (χ0) is 23.3. The second kappa shape index (κ2) is 14.7. The third kappa shape index (κ3) is 8.66. The van der Waals surface area contributed by atoms with Crippen LogP contribution in [0.4, 0.5) is 0 Å². The summed E-state index contributed by atoms with van der Waals surface area (Å²) in [6.45, 7) is 5.40. The molecule has 1 atom stereocenters. The fraction of sp³-hybridized carbons (Fsp3) is 0.774. The van der Waals surface area contributed by atoms with Gasteiger partial charge in [-0.3, -0.25) is 0 Å². The number of unbranched alkanes of at least 4 members (excludes halogenated alkanes) is 4. The van der Waals surface area contributed by atoms with E-state index < -0.39 is 0 Å². The summed E-state index contributed by atoms with van der Waals surface area (Å²) in [6.07, 6.45) is 20.7. The van der Waals surface area contributed by atoms with Crippen LogP contribution in [0.25, 0.3) is 0 Å². The molecule has 1 aromatic carbocycles. The molecular formula is C31H49NO. The Bertz CT molecular complexity index is 674. The average molecular weight is 452 g/mol. The molecule has 184 valence electrons. The van der Waals surface area contributed by atoms with E-state index >= 15 is 0 Å². The highest BCUT2D eigenvalue weighted by atomic mass is 16.5. The Morgan fingerprint density at radius 1 is 0.818 bits per heavy atom. The minimum absolute atomic E-state index is 0.299. The number of nitrogens with zero attached hydrogens (tertiary/aromatic N) is 1. The average Bonchev–Trinajstić information content (AvgIpc) is 2.86. The Balaban J connectivity index is 1.36. The molecule has 2 heteroatoms. The van der Waals surface area contributed by atoms with E-state index in [1.807, 2.05) is 0 Å². The van der Waals surface area contributed by atoms with Gasteiger partial charge in [-0.15, -0.1) is 0 Å². The van der Waals surface area contributed by atoms with Crippen molar-refractivity contribution in [2.45, 2.75) is 122 Å². The van der Waals surface area contributed by atoms with Gasteiger partial charge in [0, 0.05) is 5.92 Å². The lowest BCUT2D eigenvalue weighted by molar-refractivity contribution is 0.189. The Hall–Kier alpha value is -1.49. The second-order valence-corrected chi connectivity index (χ2v) is 11.1. The standard InChI is InChI=1S/C31H49NO/c1-3-5-6-7-8-22-33-31-20-18-28(19-21-31)27-16-12-26(13-17-27)23-30(24-32)29-14-10-25(9-4-2)11-15-29/h18-21,25-27,29-30H,3-17,22-23H2,1-2H3. The molecule has 0 amide bonds. The van der Waals surface area contributed by atoms with Crippen LogP contribution in [0.3, 0.4) is 0 Å². The van der Waals surface area contributed by atoms with Gasteiger partial charge in [-0.1, -0.05) is 77.3 Å². The van der Waals surface area contributed by atoms with Gasteiger partial charge in [0.15, 0.2) is 0 Å². The van der Waals surface area contributed by atoms with Gasteiger partial charge >= 0.3 is 0 Å². The smallest absolute Gasteiger partial charge is 0.119 e. The SMILES string of the molecule is CCCCCCCOc1ccc(C2CCC(CC(C#N)C3CCC(CCC)CC3)CC2)cc1. The zero-order valence-corrected chi connectivity index (χ0v) is 21.6. The van der Waals surface area contributed by atoms with E-state index in [9.17, 15) is 5.26 Å². The van der Waals surface area contributed by atoms with Crippen LogP contribution in [-0.2, 0) is 0 Å². The van der Waals surface area contributed by atoms with Crippen LogP contribution in [0.15, 0.2) is 24.3 Å². The summed E-state index contributed by atoms with van der Waals surface area (Å²) < 4.78 is 5.95. The lowest BCUT2D eigenvalue weighted by Gasteiger charge is -2.34. The molecular weight excluding hydrogens is 402 g/mol. The summed E-state index contributed by atoms with van der Waals surface area (Å²) in [5.74, 6) is 4.37. The van der Waals surface area contributed by atoms with Crippen molar-refractivity contribution in [2.75, 3.05) is 6.61 Å². The summed E-state index contributed by atoms with van der Waals surface area (Å²) in [5, 5.41) is 9.89. The first-order chi connectivity index (χ1) is 16.2. The highest BCUT2D eigenvalue weighted by Crippen LogP contribution is 2.42. The number of rotatable bonds is 13. The van der Waals surface area contributed by atoms with E-state index in [4.69, 9.17) is 4.74 Å². The molecule has 33 heavy (non-hydrogen) atoms. The van der Waals surface area contributed by atoms with Gasteiger partial charge in [0.05, 0.1) is 12.7 Å². The summed E-state index contributed by atoms with van der Waals surface area (Å²) in [5.41, 5.74) is 1.48. The molecule has 0 heterocycles. The molecule has 0 spiro atoms. The molecule has 0 radical (unpaired) electrons. The van der Waals surface area contributed by atoms with Crippen molar-refractivity contribution in [2.24, 2.45) is 23.7 Å². The first-order valence-corrected chi connectivity index (χ1v) is 14.4. The molecule has 0 bridgehead atoms. The largest absolute Gasteiger partial charge is 0.494 e. The van der Waals surface area contributed by atoms with Crippen LogP contribution in [0.1, 0.15) is 128 Å². The maximum atomic E-state index is 9.89. The van der Waals surface area contributed by atoms with Gasteiger partial charge in [-0.05, 0) is 92.7 Å². The summed E-state index contributed by atoms with van der Waals surface area (Å²) in [4.78, 5) is 0. The van der Waals surface area contributed by atoms with Crippen LogP contribution in [0.5, 0.6) is 5.75 Å². The number of ether oxygens (including phenoxy) is 1. The van der Waals surface area contributed by atoms with Crippen molar-refractivity contribution >= 4 is 0 Å². The van der Waals surface area contributed by atoms with Crippen molar-refractivity contribution < 1.29 is 4.74 Å². The van der Waals surface area contributed by atoms with Gasteiger partial charge in [0.25, 0.3) is 0 Å². The van der Waals surface area contributed by atoms with Crippen LogP contribution >= 0.6 is 0 Å². The molecule has 1 aromatic rings. The van der Waals surface area contributed by atoms with Gasteiger partial charge in [-0.2, -0.15) is 5.26 Å². The highest BCUT2D eigenvalue weighted by molar-refractivity contribution is 5.29. The third-order valence-electron chi connectivity index (χ3n) is 8.63. The maximum absolute atomic E-state index is 9.89. The first kappa shape index (κ1) is 26.1. The van der Waals surface area contributed by atoms with E-state index in [2.05, 4.69) is 44.2 Å². The van der Waals surface area contributed by atoms with Gasteiger partial charge in [-0.25, -0.2) is 0 Å². The predicted molar refractivity (Wildman–Crippen MR) is 139 cm³/mol. The van der Waals surface area contributed by atoms with Crippen molar-refractivity contribution in [3.05, 3.63) is 29.8 Å². The molecule has 0 aromatic heterocycles. The number of nitriles is 1. The first-order valence-electron chi connectivity index (χ1n) is 14.4. The highest BCUT2D eigenvalue weighted by Gasteiger charge is 2.31. The molecule has 2 saturated carbocycles. The monoisotopic (exact) mass is 451 g/mol. The van der Waals surface area contributed by atoms with E-state index in [1.165, 1.54) is 95.5 Å². The normalized spacial score (nSPS) is 26.5. The summed E-state index contributed by atoms with van der Waals surface area (Å²) in [7, 11) is 0. The lowest BCUT2D eigenvalue weighted by atomic mass is 9.70. The minimum atomic E-state index is 0.299. The van der Waals surface area contributed by atoms with Gasteiger partial charge in [0.1, 0.15) is 5.75 Å². The fourth-order valence-electron chi connectivity index (χ4n) is 6.46. The van der Waals surface area contributed by atoms with Crippen LogP contribution in [-0.4, -0.2) is 6.61 Å². The third-order valence-corrected chi connectivity index (χ3v) is 8.63. The van der Waals surface area contributed by atoms with E-state index in [1.54, 1.807) is 0 Å². The van der Waals surface area contributed by atoms with Crippen LogP contribution < -0.4 is 4.74 Å². The number of hydrogen-bond acceptors (Lipinski definition) is 2. The molecule has 0 saturated heterocycles. The van der Waals surface area contributed by atoms with Crippen LogP contribution in [0, 0.1) is 35.0 Å². The predicted octanol–water partition coefficient (Wildman–Crippen LogP) is 9.45. The molecule has 1 unspecified atom stereocenters. The van der Waals surface area contributed by atoms with Crippen molar-refractivity contribution in [1.82, 2.24) is 0 Å². The van der Waals surface area contributed by atoms with Crippen molar-refractivity contribution in [1.29, 1.82) is 5.26 Å². The minimum Gasteiger partial charge on any atom is -0.494 e. The molecule has 2 fully saturated rings. The van der Waals surface area contributed by atoms with E-state index in [0.717, 1.165) is 37.0 Å².